The van der Waals surface area contributed by atoms with E-state index in [1.165, 1.54) is 0 Å². The monoisotopic (exact) mass is 620 g/mol. The smallest absolute Gasteiger partial charge is 0.266 e. The van der Waals surface area contributed by atoms with Crippen molar-refractivity contribution < 1.29 is 24.1 Å². The summed E-state index contributed by atoms with van der Waals surface area (Å²) < 4.78 is 17.8. The first-order valence-electron chi connectivity index (χ1n) is 15.0. The molecule has 0 saturated carbocycles. The summed E-state index contributed by atoms with van der Waals surface area (Å²) >= 11 is 0. The maximum atomic E-state index is 14.5. The van der Waals surface area contributed by atoms with Crippen LogP contribution in [0, 0.1) is 0 Å². The minimum absolute atomic E-state index is 0.0491. The second-order valence-corrected chi connectivity index (χ2v) is 10.7. The Labute approximate surface area is 267 Å². The van der Waals surface area contributed by atoms with E-state index in [-0.39, 0.29) is 19.6 Å². The van der Waals surface area contributed by atoms with E-state index in [1.807, 2.05) is 91.0 Å². The van der Waals surface area contributed by atoms with E-state index in [0.29, 0.717) is 42.5 Å². The van der Waals surface area contributed by atoms with Gasteiger partial charge in [-0.3, -0.25) is 10.2 Å². The molecule has 0 radical (unpaired) electrons. The lowest BCUT2D eigenvalue weighted by Gasteiger charge is -2.31. The average Bonchev–Trinajstić information content (AvgIpc) is 3.49. The SMILES string of the molecule is COc1ccccc1CNNC(=O)[C@@]1(Cc2ccccc2CN=[N+]=[N-])N=C(c2ccc(OCCCO)cc2)O[C@H]1c1ccccc1. The van der Waals surface area contributed by atoms with Crippen LogP contribution in [0.4, 0.5) is 0 Å². The maximum absolute atomic E-state index is 14.5. The second-order valence-electron chi connectivity index (χ2n) is 10.7. The molecule has 46 heavy (non-hydrogen) atoms. The molecule has 0 saturated heterocycles. The van der Waals surface area contributed by atoms with Crippen molar-refractivity contribution in [2.75, 3.05) is 20.3 Å². The van der Waals surface area contributed by atoms with Crippen LogP contribution in [0.3, 0.4) is 0 Å². The van der Waals surface area contributed by atoms with Crippen LogP contribution < -0.4 is 20.3 Å². The molecule has 3 N–H and O–H groups in total. The highest BCUT2D eigenvalue weighted by Gasteiger charge is 2.53. The van der Waals surface area contributed by atoms with Gasteiger partial charge in [-0.15, -0.1) is 0 Å². The largest absolute Gasteiger partial charge is 0.496 e. The molecule has 0 unspecified atom stereocenters. The quantitative estimate of drug-likeness (QED) is 0.0519. The summed E-state index contributed by atoms with van der Waals surface area (Å²) in [4.78, 5) is 22.5. The fourth-order valence-corrected chi connectivity index (χ4v) is 5.37. The summed E-state index contributed by atoms with van der Waals surface area (Å²) in [6.45, 7) is 0.878. The third-order valence-electron chi connectivity index (χ3n) is 7.69. The summed E-state index contributed by atoms with van der Waals surface area (Å²) in [6.07, 6.45) is -0.0949. The number of amides is 1. The van der Waals surface area contributed by atoms with Crippen molar-refractivity contribution in [1.29, 1.82) is 0 Å². The van der Waals surface area contributed by atoms with E-state index in [0.717, 1.165) is 22.3 Å². The fraction of sp³-hybridized carbons (Fsp3) is 0.257. The summed E-state index contributed by atoms with van der Waals surface area (Å²) in [7, 11) is 1.60. The van der Waals surface area contributed by atoms with Gasteiger partial charge in [0.05, 0.1) is 20.3 Å². The highest BCUT2D eigenvalue weighted by molar-refractivity contribution is 6.01. The number of hydrogen-bond acceptors (Lipinski definition) is 8. The average molecular weight is 621 g/mol. The number of aliphatic hydroxyl groups is 1. The van der Waals surface area contributed by atoms with E-state index in [4.69, 9.17) is 29.8 Å². The number of carbonyl (C=O) groups is 1. The van der Waals surface area contributed by atoms with Crippen LogP contribution in [0.15, 0.2) is 113 Å². The van der Waals surface area contributed by atoms with Crippen molar-refractivity contribution >= 4 is 11.8 Å². The number of nitrogens with zero attached hydrogens (tertiary/aromatic N) is 4. The number of rotatable bonds is 15. The Morgan fingerprint density at radius 3 is 2.39 bits per heavy atom. The lowest BCUT2D eigenvalue weighted by molar-refractivity contribution is -0.130. The van der Waals surface area contributed by atoms with Crippen molar-refractivity contribution in [3.63, 3.8) is 0 Å². The topological polar surface area (TPSA) is 150 Å². The predicted molar refractivity (Wildman–Crippen MR) is 174 cm³/mol. The van der Waals surface area contributed by atoms with Crippen molar-refractivity contribution in [2.45, 2.75) is 37.6 Å². The van der Waals surface area contributed by atoms with Crippen LogP contribution in [-0.4, -0.2) is 42.8 Å². The van der Waals surface area contributed by atoms with E-state index in [9.17, 15) is 4.79 Å². The Kier molecular flexibility index (Phi) is 10.9. The molecule has 0 spiro atoms. The number of nitrogens with one attached hydrogen (secondary N) is 2. The van der Waals surface area contributed by atoms with Crippen molar-refractivity contribution in [3.8, 4) is 11.5 Å². The van der Waals surface area contributed by atoms with Gasteiger partial charge in [-0.2, -0.15) is 0 Å². The molecule has 1 amide bonds. The highest BCUT2D eigenvalue weighted by Crippen LogP contribution is 2.43. The van der Waals surface area contributed by atoms with Gasteiger partial charge < -0.3 is 19.3 Å². The highest BCUT2D eigenvalue weighted by atomic mass is 16.5. The molecule has 1 aliphatic rings. The number of carbonyl (C=O) groups excluding carboxylic acids is 1. The van der Waals surface area contributed by atoms with Gasteiger partial charge in [0.15, 0.2) is 11.6 Å². The Bertz CT molecular complexity index is 1690. The van der Waals surface area contributed by atoms with E-state index < -0.39 is 17.6 Å². The fourth-order valence-electron chi connectivity index (χ4n) is 5.37. The van der Waals surface area contributed by atoms with Gasteiger partial charge in [0, 0.05) is 42.0 Å². The molecular weight excluding hydrogens is 584 g/mol. The maximum Gasteiger partial charge on any atom is 0.266 e. The number of methoxy groups -OCH3 is 1. The van der Waals surface area contributed by atoms with E-state index >= 15 is 0 Å². The van der Waals surface area contributed by atoms with Gasteiger partial charge in [-0.1, -0.05) is 77.9 Å². The minimum Gasteiger partial charge on any atom is -0.496 e. The van der Waals surface area contributed by atoms with Gasteiger partial charge >= 0.3 is 0 Å². The molecule has 11 heteroatoms. The molecule has 5 rings (SSSR count). The summed E-state index contributed by atoms with van der Waals surface area (Å²) in [6, 6.07) is 31.9. The zero-order valence-electron chi connectivity index (χ0n) is 25.5. The molecule has 236 valence electrons. The number of benzene rings is 4. The third kappa shape index (κ3) is 7.47. The standard InChI is InChI=1S/C35H36N6O5/c1-44-31-15-8-7-14-29(31)24-37-40-34(43)35(22-27-12-5-6-13-28(27)23-38-41-36)32(25-10-3-2-4-11-25)46-33(39-35)26-16-18-30(19-17-26)45-21-9-20-42/h2-8,10-19,32,37,42H,9,20-24H2,1H3,(H,40,43)/t32-,35-/m0/s1. The lowest BCUT2D eigenvalue weighted by atomic mass is 9.81. The van der Waals surface area contributed by atoms with Gasteiger partial charge in [0.25, 0.3) is 5.91 Å². The summed E-state index contributed by atoms with van der Waals surface area (Å²) in [5.41, 5.74) is 17.4. The molecule has 4 aromatic carbocycles. The number of azide groups is 1. The molecule has 2 atom stereocenters. The van der Waals surface area contributed by atoms with Crippen LogP contribution in [0.1, 0.15) is 40.3 Å². The Balaban J connectivity index is 1.54. The van der Waals surface area contributed by atoms with Gasteiger partial charge in [0.1, 0.15) is 11.5 Å². The van der Waals surface area contributed by atoms with Crippen LogP contribution >= 0.6 is 0 Å². The van der Waals surface area contributed by atoms with Crippen LogP contribution in [-0.2, 0) is 29.0 Å². The summed E-state index contributed by atoms with van der Waals surface area (Å²) in [5.74, 6) is 1.25. The van der Waals surface area contributed by atoms with Gasteiger partial charge in [0.2, 0.25) is 5.90 Å². The molecule has 1 heterocycles. The Morgan fingerprint density at radius 2 is 1.67 bits per heavy atom. The summed E-state index contributed by atoms with van der Waals surface area (Å²) in [5, 5.41) is 12.9. The first kappa shape index (κ1) is 32.1. The molecule has 0 aliphatic carbocycles. The number of para-hydroxylation sites is 1. The van der Waals surface area contributed by atoms with Crippen LogP contribution in [0.2, 0.25) is 0 Å². The molecule has 0 fully saturated rings. The lowest BCUT2D eigenvalue weighted by Crippen LogP contribution is -2.53. The Morgan fingerprint density at radius 1 is 0.978 bits per heavy atom. The first-order valence-corrected chi connectivity index (χ1v) is 15.0. The zero-order chi connectivity index (χ0) is 32.2. The molecule has 0 aromatic heterocycles. The van der Waals surface area contributed by atoms with E-state index in [2.05, 4.69) is 20.9 Å². The molecule has 4 aromatic rings. The first-order chi connectivity index (χ1) is 22.6. The van der Waals surface area contributed by atoms with Crippen molar-refractivity contribution in [2.24, 2.45) is 10.1 Å². The minimum atomic E-state index is -1.45. The van der Waals surface area contributed by atoms with Crippen LogP contribution in [0.25, 0.3) is 10.4 Å². The van der Waals surface area contributed by atoms with Gasteiger partial charge in [-0.25, -0.2) is 10.4 Å². The molecular formula is C35H36N6O5. The van der Waals surface area contributed by atoms with Crippen molar-refractivity contribution in [1.82, 2.24) is 10.9 Å². The number of aliphatic hydroxyl groups excluding tert-OH is 1. The molecule has 1 aliphatic heterocycles. The number of hydrazine groups is 1. The normalized spacial score (nSPS) is 16.9. The van der Waals surface area contributed by atoms with Gasteiger partial charge in [-0.05, 0) is 52.6 Å². The van der Waals surface area contributed by atoms with Crippen LogP contribution in [0.5, 0.6) is 11.5 Å². The molecule has 11 nitrogen and oxygen atoms in total. The number of aliphatic imine (C=N–C) groups is 1. The number of hydrogen-bond donors (Lipinski definition) is 3. The molecule has 0 bridgehead atoms. The predicted octanol–water partition coefficient (Wildman–Crippen LogP) is 5.59. The van der Waals surface area contributed by atoms with E-state index in [1.54, 1.807) is 19.2 Å². The zero-order valence-corrected chi connectivity index (χ0v) is 25.5. The third-order valence-corrected chi connectivity index (χ3v) is 7.69. The number of ether oxygens (including phenoxy) is 3. The second kappa shape index (κ2) is 15.6. The Hall–Kier alpha value is -5.35. The van der Waals surface area contributed by atoms with Crippen molar-refractivity contribution in [3.05, 3.63) is 141 Å².